The van der Waals surface area contributed by atoms with Gasteiger partial charge >= 0.3 is 0 Å². The zero-order valence-electron chi connectivity index (χ0n) is 14.0. The molecule has 24 heavy (non-hydrogen) atoms. The number of hydrogen-bond acceptors (Lipinski definition) is 6. The summed E-state index contributed by atoms with van der Waals surface area (Å²) in [6.45, 7) is 3.71. The lowest BCUT2D eigenvalue weighted by atomic mass is 10.2. The number of benzene rings is 1. The molecule has 0 aliphatic rings. The van der Waals surface area contributed by atoms with E-state index in [4.69, 9.17) is 9.15 Å². The van der Waals surface area contributed by atoms with Crippen LogP contribution in [-0.2, 0) is 0 Å². The van der Waals surface area contributed by atoms with Crippen LogP contribution in [-0.4, -0.2) is 24.4 Å². The number of rotatable bonds is 5. The largest absolute Gasteiger partial charge is 0.493 e. The smallest absolute Gasteiger partial charge is 0.256 e. The van der Waals surface area contributed by atoms with Crippen LogP contribution in [0.25, 0.3) is 11.0 Å². The van der Waals surface area contributed by atoms with Gasteiger partial charge < -0.3 is 19.8 Å². The number of carbonyl (C=O) groups excluding carboxylic acids is 1. The lowest BCUT2D eigenvalue weighted by Crippen LogP contribution is -2.27. The monoisotopic (exact) mass is 345 g/mol. The maximum absolute atomic E-state index is 12.6. The lowest BCUT2D eigenvalue weighted by Gasteiger charge is -2.12. The molecule has 6 nitrogen and oxygen atoms in total. The highest BCUT2D eigenvalue weighted by Gasteiger charge is 2.21. The van der Waals surface area contributed by atoms with E-state index in [1.54, 1.807) is 14.2 Å². The van der Waals surface area contributed by atoms with Crippen LogP contribution < -0.4 is 15.4 Å². The molecular formula is C17H19N3O3S. The maximum Gasteiger partial charge on any atom is 0.256 e. The number of methoxy groups -OCH3 is 1. The first kappa shape index (κ1) is 16.3. The number of nitrogens with one attached hydrogen (secondary N) is 2. The Morgan fingerprint density at radius 2 is 2.21 bits per heavy atom. The Kier molecular flexibility index (Phi) is 4.44. The molecule has 0 saturated heterocycles. The lowest BCUT2D eigenvalue weighted by molar-refractivity contribution is 0.0936. The average Bonchev–Trinajstić information content (AvgIpc) is 3.17. The summed E-state index contributed by atoms with van der Waals surface area (Å²) in [6.07, 6.45) is 0. The number of furan rings is 1. The van der Waals surface area contributed by atoms with Crippen molar-refractivity contribution in [2.75, 3.05) is 19.5 Å². The van der Waals surface area contributed by atoms with E-state index in [0.717, 1.165) is 10.4 Å². The summed E-state index contributed by atoms with van der Waals surface area (Å²) < 4.78 is 15.4. The topological polar surface area (TPSA) is 76.4 Å². The van der Waals surface area contributed by atoms with Gasteiger partial charge in [0, 0.05) is 12.4 Å². The van der Waals surface area contributed by atoms with E-state index in [-0.39, 0.29) is 11.9 Å². The number of hydrogen-bond donors (Lipinski definition) is 2. The number of anilines is 1. The molecule has 126 valence electrons. The van der Waals surface area contributed by atoms with Crippen molar-refractivity contribution in [3.05, 3.63) is 41.3 Å². The second-order valence-electron chi connectivity index (χ2n) is 5.44. The van der Waals surface area contributed by atoms with Crippen molar-refractivity contribution < 1.29 is 13.9 Å². The van der Waals surface area contributed by atoms with E-state index in [0.29, 0.717) is 28.4 Å². The molecule has 0 unspecified atom stereocenters. The minimum Gasteiger partial charge on any atom is -0.493 e. The van der Waals surface area contributed by atoms with Crippen LogP contribution >= 0.6 is 11.5 Å². The summed E-state index contributed by atoms with van der Waals surface area (Å²) in [6, 6.07) is 7.34. The van der Waals surface area contributed by atoms with E-state index in [1.165, 1.54) is 11.5 Å². The standard InChI is InChI=1S/C17H19N3O3S/c1-9(19-16(21)14-10(2)20-24-17(14)18-3)13-8-11-6-5-7-12(22-4)15(11)23-13/h5-9,18H,1-4H3,(H,19,21)/t9-/m0/s1. The molecule has 0 saturated carbocycles. The Morgan fingerprint density at radius 3 is 2.92 bits per heavy atom. The summed E-state index contributed by atoms with van der Waals surface area (Å²) in [4.78, 5) is 12.6. The summed E-state index contributed by atoms with van der Waals surface area (Å²) in [5.74, 6) is 1.17. The quantitative estimate of drug-likeness (QED) is 0.737. The van der Waals surface area contributed by atoms with Gasteiger partial charge in [-0.25, -0.2) is 0 Å². The van der Waals surface area contributed by atoms with Crippen LogP contribution in [0.3, 0.4) is 0 Å². The molecule has 0 aliphatic carbocycles. The highest BCUT2D eigenvalue weighted by Crippen LogP contribution is 2.31. The van der Waals surface area contributed by atoms with Crippen molar-refractivity contribution in [2.45, 2.75) is 19.9 Å². The molecule has 7 heteroatoms. The molecule has 0 fully saturated rings. The number of fused-ring (bicyclic) bond motifs is 1. The normalized spacial score (nSPS) is 12.2. The number of para-hydroxylation sites is 1. The third-order valence-corrected chi connectivity index (χ3v) is 4.79. The van der Waals surface area contributed by atoms with E-state index < -0.39 is 0 Å². The Morgan fingerprint density at radius 1 is 1.42 bits per heavy atom. The van der Waals surface area contributed by atoms with Crippen LogP contribution in [0.4, 0.5) is 5.00 Å². The second-order valence-corrected chi connectivity index (χ2v) is 6.22. The van der Waals surface area contributed by atoms with Gasteiger partial charge in [0.25, 0.3) is 5.91 Å². The van der Waals surface area contributed by atoms with Crippen LogP contribution in [0.2, 0.25) is 0 Å². The van der Waals surface area contributed by atoms with Crippen LogP contribution in [0.5, 0.6) is 5.75 Å². The fraction of sp³-hybridized carbons (Fsp3) is 0.294. The number of ether oxygens (including phenoxy) is 1. The third kappa shape index (κ3) is 2.82. The molecule has 1 atom stereocenters. The molecule has 0 radical (unpaired) electrons. The molecule has 2 aromatic heterocycles. The minimum atomic E-state index is -0.279. The van der Waals surface area contributed by atoms with Crippen molar-refractivity contribution in [3.63, 3.8) is 0 Å². The van der Waals surface area contributed by atoms with Gasteiger partial charge in [0.05, 0.1) is 24.4 Å². The van der Waals surface area contributed by atoms with Crippen molar-refractivity contribution in [1.82, 2.24) is 9.69 Å². The molecular weight excluding hydrogens is 326 g/mol. The molecule has 0 aliphatic heterocycles. The first-order chi connectivity index (χ1) is 11.5. The molecule has 0 spiro atoms. The third-order valence-electron chi connectivity index (χ3n) is 3.84. The highest BCUT2D eigenvalue weighted by atomic mass is 32.1. The number of aromatic nitrogens is 1. The summed E-state index contributed by atoms with van der Waals surface area (Å²) in [5.41, 5.74) is 1.96. The summed E-state index contributed by atoms with van der Waals surface area (Å²) >= 11 is 1.27. The molecule has 2 N–H and O–H groups in total. The number of amides is 1. The number of nitrogens with zero attached hydrogens (tertiary/aromatic N) is 1. The fourth-order valence-corrected chi connectivity index (χ4v) is 3.32. The molecule has 3 aromatic rings. The van der Waals surface area contributed by atoms with E-state index >= 15 is 0 Å². The Hall–Kier alpha value is -2.54. The van der Waals surface area contributed by atoms with Gasteiger partial charge in [0.15, 0.2) is 11.3 Å². The van der Waals surface area contributed by atoms with Crippen LogP contribution in [0, 0.1) is 6.92 Å². The Bertz CT molecular complexity index is 884. The zero-order chi connectivity index (χ0) is 17.3. The minimum absolute atomic E-state index is 0.175. The predicted octanol–water partition coefficient (Wildman–Crippen LogP) is 3.74. The van der Waals surface area contributed by atoms with Crippen molar-refractivity contribution in [1.29, 1.82) is 0 Å². The van der Waals surface area contributed by atoms with E-state index in [1.807, 2.05) is 38.1 Å². The van der Waals surface area contributed by atoms with E-state index in [2.05, 4.69) is 15.0 Å². The van der Waals surface area contributed by atoms with Gasteiger partial charge in [0.2, 0.25) is 0 Å². The van der Waals surface area contributed by atoms with Gasteiger partial charge in [-0.05, 0) is 37.5 Å². The van der Waals surface area contributed by atoms with Gasteiger partial charge in [-0.3, -0.25) is 4.79 Å². The zero-order valence-corrected chi connectivity index (χ0v) is 14.8. The van der Waals surface area contributed by atoms with Crippen LogP contribution in [0.15, 0.2) is 28.7 Å². The fourth-order valence-electron chi connectivity index (χ4n) is 2.58. The molecule has 1 amide bonds. The summed E-state index contributed by atoms with van der Waals surface area (Å²) in [5, 5.41) is 7.66. The van der Waals surface area contributed by atoms with Crippen molar-refractivity contribution in [2.24, 2.45) is 0 Å². The number of aryl methyl sites for hydroxylation is 1. The van der Waals surface area contributed by atoms with Gasteiger partial charge in [-0.1, -0.05) is 12.1 Å². The SMILES string of the molecule is CNc1snc(C)c1C(=O)N[C@@H](C)c1cc2cccc(OC)c2o1. The predicted molar refractivity (Wildman–Crippen MR) is 95.0 cm³/mol. The maximum atomic E-state index is 12.6. The Labute approximate surface area is 144 Å². The van der Waals surface area contributed by atoms with Crippen molar-refractivity contribution >= 4 is 33.4 Å². The van der Waals surface area contributed by atoms with Crippen molar-refractivity contribution in [3.8, 4) is 5.75 Å². The van der Waals surface area contributed by atoms with E-state index in [9.17, 15) is 4.79 Å². The Balaban J connectivity index is 1.86. The first-order valence-electron chi connectivity index (χ1n) is 7.56. The second kappa shape index (κ2) is 6.52. The average molecular weight is 345 g/mol. The molecule has 1 aromatic carbocycles. The molecule has 2 heterocycles. The molecule has 3 rings (SSSR count). The first-order valence-corrected chi connectivity index (χ1v) is 8.33. The van der Waals surface area contributed by atoms with Gasteiger partial charge in [-0.15, -0.1) is 0 Å². The number of carbonyl (C=O) groups is 1. The van der Waals surface area contributed by atoms with Gasteiger partial charge in [0.1, 0.15) is 10.8 Å². The molecule has 0 bridgehead atoms. The van der Waals surface area contributed by atoms with Crippen LogP contribution in [0.1, 0.15) is 34.8 Å². The highest BCUT2D eigenvalue weighted by molar-refractivity contribution is 7.10. The van der Waals surface area contributed by atoms with Gasteiger partial charge in [-0.2, -0.15) is 4.37 Å². The summed E-state index contributed by atoms with van der Waals surface area (Å²) in [7, 11) is 3.38.